The maximum atomic E-state index is 12.1. The van der Waals surface area contributed by atoms with Gasteiger partial charge in [0.1, 0.15) is 11.6 Å². The van der Waals surface area contributed by atoms with Gasteiger partial charge in [-0.05, 0) is 54.6 Å². The predicted octanol–water partition coefficient (Wildman–Crippen LogP) is 3.91. The van der Waals surface area contributed by atoms with E-state index in [4.69, 9.17) is 5.26 Å². The van der Waals surface area contributed by atoms with Crippen molar-refractivity contribution < 1.29 is 4.79 Å². The number of rotatable bonds is 3. The summed E-state index contributed by atoms with van der Waals surface area (Å²) in [6, 6.07) is 11.4. The third kappa shape index (κ3) is 3.34. The molecule has 100 valence electrons. The summed E-state index contributed by atoms with van der Waals surface area (Å²) in [5.41, 5.74) is 2.92. The van der Waals surface area contributed by atoms with Crippen LogP contribution >= 0.6 is 11.3 Å². The number of carbonyl (C=O) groups is 1. The molecule has 0 spiro atoms. The van der Waals surface area contributed by atoms with E-state index < -0.39 is 0 Å². The highest BCUT2D eigenvalue weighted by molar-refractivity contribution is 7.11. The minimum atomic E-state index is -0.383. The normalized spacial score (nSPS) is 10.9. The number of hydrogen-bond acceptors (Lipinski definition) is 3. The number of nitrogens with one attached hydrogen (secondary N) is 1. The first-order valence-corrected chi connectivity index (χ1v) is 7.02. The van der Waals surface area contributed by atoms with Gasteiger partial charge in [0, 0.05) is 10.6 Å². The summed E-state index contributed by atoms with van der Waals surface area (Å²) in [6.45, 7) is 3.90. The molecule has 1 amide bonds. The summed E-state index contributed by atoms with van der Waals surface area (Å²) in [6.07, 6.45) is 1.63. The molecule has 3 nitrogen and oxygen atoms in total. The van der Waals surface area contributed by atoms with E-state index in [1.165, 1.54) is 11.3 Å². The van der Waals surface area contributed by atoms with E-state index >= 15 is 0 Å². The van der Waals surface area contributed by atoms with Crippen LogP contribution in [-0.4, -0.2) is 5.91 Å². The molecule has 0 fully saturated rings. The first-order valence-electron chi connectivity index (χ1n) is 6.14. The van der Waals surface area contributed by atoms with E-state index in [2.05, 4.69) is 5.32 Å². The van der Waals surface area contributed by atoms with Crippen molar-refractivity contribution in [1.29, 1.82) is 5.26 Å². The minimum absolute atomic E-state index is 0.108. The van der Waals surface area contributed by atoms with Crippen LogP contribution in [0.4, 0.5) is 5.69 Å². The van der Waals surface area contributed by atoms with Gasteiger partial charge in [-0.3, -0.25) is 4.79 Å². The highest BCUT2D eigenvalue weighted by Gasteiger charge is 2.10. The van der Waals surface area contributed by atoms with Gasteiger partial charge < -0.3 is 5.32 Å². The molecule has 1 aromatic carbocycles. The molecule has 0 saturated heterocycles. The second-order valence-electron chi connectivity index (χ2n) is 4.46. The van der Waals surface area contributed by atoms with Crippen molar-refractivity contribution in [2.45, 2.75) is 13.8 Å². The number of anilines is 1. The van der Waals surface area contributed by atoms with Gasteiger partial charge in [-0.25, -0.2) is 0 Å². The SMILES string of the molecule is Cc1cccc(NC(=O)/C(C#N)=C/c2sccc2C)c1. The van der Waals surface area contributed by atoms with Crippen LogP contribution in [0.2, 0.25) is 0 Å². The van der Waals surface area contributed by atoms with Crippen molar-refractivity contribution in [3.63, 3.8) is 0 Å². The lowest BCUT2D eigenvalue weighted by molar-refractivity contribution is -0.112. The van der Waals surface area contributed by atoms with E-state index in [1.807, 2.05) is 49.6 Å². The first-order chi connectivity index (χ1) is 9.60. The molecular formula is C16H14N2OS. The van der Waals surface area contributed by atoms with Crippen molar-refractivity contribution in [3.05, 3.63) is 57.3 Å². The van der Waals surface area contributed by atoms with Crippen LogP contribution in [0.5, 0.6) is 0 Å². The Labute approximate surface area is 122 Å². The number of carbonyl (C=O) groups excluding carboxylic acids is 1. The summed E-state index contributed by atoms with van der Waals surface area (Å²) in [4.78, 5) is 13.0. The fraction of sp³-hybridized carbons (Fsp3) is 0.125. The molecule has 2 rings (SSSR count). The molecule has 0 aliphatic heterocycles. The highest BCUT2D eigenvalue weighted by atomic mass is 32.1. The topological polar surface area (TPSA) is 52.9 Å². The average Bonchev–Trinajstić information content (AvgIpc) is 2.81. The smallest absolute Gasteiger partial charge is 0.266 e. The molecule has 2 aromatic rings. The number of nitriles is 1. The third-order valence-corrected chi connectivity index (χ3v) is 3.78. The van der Waals surface area contributed by atoms with Crippen LogP contribution in [0, 0.1) is 25.2 Å². The number of amides is 1. The Kier molecular flexibility index (Phi) is 4.34. The van der Waals surface area contributed by atoms with E-state index in [9.17, 15) is 4.79 Å². The van der Waals surface area contributed by atoms with Gasteiger partial charge in [-0.15, -0.1) is 11.3 Å². The Balaban J connectivity index is 2.21. The zero-order chi connectivity index (χ0) is 14.5. The molecule has 0 atom stereocenters. The molecule has 1 heterocycles. The van der Waals surface area contributed by atoms with Gasteiger partial charge in [0.05, 0.1) is 0 Å². The summed E-state index contributed by atoms with van der Waals surface area (Å²) < 4.78 is 0. The fourth-order valence-corrected chi connectivity index (χ4v) is 2.59. The molecule has 4 heteroatoms. The summed E-state index contributed by atoms with van der Waals surface area (Å²) in [5.74, 6) is -0.383. The minimum Gasteiger partial charge on any atom is -0.321 e. The Morgan fingerprint density at radius 2 is 2.15 bits per heavy atom. The van der Waals surface area contributed by atoms with Gasteiger partial charge in [0.25, 0.3) is 5.91 Å². The largest absolute Gasteiger partial charge is 0.321 e. The van der Waals surface area contributed by atoms with Crippen molar-refractivity contribution in [2.75, 3.05) is 5.32 Å². The molecule has 1 aromatic heterocycles. The van der Waals surface area contributed by atoms with Crippen LogP contribution < -0.4 is 5.32 Å². The summed E-state index contributed by atoms with van der Waals surface area (Å²) in [5, 5.41) is 13.8. The van der Waals surface area contributed by atoms with Crippen LogP contribution in [0.1, 0.15) is 16.0 Å². The van der Waals surface area contributed by atoms with Crippen LogP contribution in [-0.2, 0) is 4.79 Å². The van der Waals surface area contributed by atoms with Crippen molar-refractivity contribution in [1.82, 2.24) is 0 Å². The van der Waals surface area contributed by atoms with Gasteiger partial charge in [-0.2, -0.15) is 5.26 Å². The number of thiophene rings is 1. The molecule has 0 unspecified atom stereocenters. The first kappa shape index (κ1) is 14.0. The van der Waals surface area contributed by atoms with Gasteiger partial charge in [0.2, 0.25) is 0 Å². The monoisotopic (exact) mass is 282 g/mol. The lowest BCUT2D eigenvalue weighted by Gasteiger charge is -2.05. The lowest BCUT2D eigenvalue weighted by Crippen LogP contribution is -2.13. The molecule has 0 aliphatic rings. The average molecular weight is 282 g/mol. The van der Waals surface area contributed by atoms with Gasteiger partial charge >= 0.3 is 0 Å². The van der Waals surface area contributed by atoms with E-state index in [0.29, 0.717) is 5.69 Å². The number of benzene rings is 1. The Hall–Kier alpha value is -2.38. The lowest BCUT2D eigenvalue weighted by atomic mass is 10.2. The molecule has 20 heavy (non-hydrogen) atoms. The molecule has 0 aliphatic carbocycles. The van der Waals surface area contributed by atoms with Crippen molar-refractivity contribution >= 4 is 29.0 Å². The van der Waals surface area contributed by atoms with Gasteiger partial charge in [0.15, 0.2) is 0 Å². The van der Waals surface area contributed by atoms with Crippen LogP contribution in [0.25, 0.3) is 6.08 Å². The standard InChI is InChI=1S/C16H14N2OS/c1-11-4-3-5-14(8-11)18-16(19)13(10-17)9-15-12(2)6-7-20-15/h3-9H,1-2H3,(H,18,19)/b13-9+. The maximum absolute atomic E-state index is 12.1. The second-order valence-corrected chi connectivity index (χ2v) is 5.41. The Bertz CT molecular complexity index is 707. The Morgan fingerprint density at radius 3 is 2.75 bits per heavy atom. The van der Waals surface area contributed by atoms with Crippen molar-refractivity contribution in [2.24, 2.45) is 0 Å². The quantitative estimate of drug-likeness (QED) is 0.685. The second kappa shape index (κ2) is 6.18. The summed E-state index contributed by atoms with van der Waals surface area (Å²) in [7, 11) is 0. The molecule has 1 N–H and O–H groups in total. The predicted molar refractivity (Wildman–Crippen MR) is 82.5 cm³/mol. The number of aryl methyl sites for hydroxylation is 2. The maximum Gasteiger partial charge on any atom is 0.266 e. The molecule has 0 radical (unpaired) electrons. The van der Waals surface area contributed by atoms with E-state index in [1.54, 1.807) is 12.1 Å². The third-order valence-electron chi connectivity index (χ3n) is 2.82. The number of nitrogens with zero attached hydrogens (tertiary/aromatic N) is 1. The van der Waals surface area contributed by atoms with Gasteiger partial charge in [-0.1, -0.05) is 12.1 Å². The molecular weight excluding hydrogens is 268 g/mol. The highest BCUT2D eigenvalue weighted by Crippen LogP contribution is 2.19. The van der Waals surface area contributed by atoms with E-state index in [-0.39, 0.29) is 11.5 Å². The van der Waals surface area contributed by atoms with Crippen molar-refractivity contribution in [3.8, 4) is 6.07 Å². The molecule has 0 bridgehead atoms. The summed E-state index contributed by atoms with van der Waals surface area (Å²) >= 11 is 1.51. The fourth-order valence-electron chi connectivity index (χ4n) is 1.73. The van der Waals surface area contributed by atoms with Crippen LogP contribution in [0.3, 0.4) is 0 Å². The zero-order valence-corrected chi connectivity index (χ0v) is 12.1. The zero-order valence-electron chi connectivity index (χ0n) is 11.3. The van der Waals surface area contributed by atoms with Crippen LogP contribution in [0.15, 0.2) is 41.3 Å². The Morgan fingerprint density at radius 1 is 1.35 bits per heavy atom. The number of hydrogen-bond donors (Lipinski definition) is 1. The molecule has 0 saturated carbocycles. The van der Waals surface area contributed by atoms with E-state index in [0.717, 1.165) is 16.0 Å².